The van der Waals surface area contributed by atoms with Gasteiger partial charge in [0, 0.05) is 18.4 Å². The predicted octanol–water partition coefficient (Wildman–Crippen LogP) is 4.37. The number of hydrogen-bond donors (Lipinski definition) is 3. The molecule has 0 radical (unpaired) electrons. The van der Waals surface area contributed by atoms with E-state index in [1.54, 1.807) is 13.2 Å². The summed E-state index contributed by atoms with van der Waals surface area (Å²) in [6.45, 7) is 0.00466. The van der Waals surface area contributed by atoms with Crippen LogP contribution in [-0.2, 0) is 35.6 Å². The van der Waals surface area contributed by atoms with Crippen LogP contribution in [0.15, 0.2) is 30.4 Å². The first-order valence-electron chi connectivity index (χ1n) is 20.9. The molecule has 1 aromatic heterocycles. The number of nitrogens with zero attached hydrogens (tertiary/aromatic N) is 3. The highest BCUT2D eigenvalue weighted by Crippen LogP contribution is 2.46. The van der Waals surface area contributed by atoms with Gasteiger partial charge >= 0.3 is 6.09 Å². The Hall–Kier alpha value is -4.47. The van der Waals surface area contributed by atoms with Gasteiger partial charge in [-0.1, -0.05) is 37.8 Å². The Morgan fingerprint density at radius 1 is 0.947 bits per heavy atom. The van der Waals surface area contributed by atoms with Gasteiger partial charge in [0.1, 0.15) is 41.3 Å². The van der Waals surface area contributed by atoms with Gasteiger partial charge in [-0.25, -0.2) is 23.2 Å². The van der Waals surface area contributed by atoms with Gasteiger partial charge < -0.3 is 29.7 Å². The molecule has 3 aliphatic carbocycles. The van der Waals surface area contributed by atoms with Crippen molar-refractivity contribution in [2.45, 2.75) is 144 Å². The maximum Gasteiger partial charge on any atom is 0.408 e. The van der Waals surface area contributed by atoms with Crippen LogP contribution in [0.4, 0.5) is 4.79 Å². The number of hydrogen-bond acceptors (Lipinski definition) is 11. The normalized spacial score (nSPS) is 32.0. The number of carbonyl (C=O) groups is 4. The van der Waals surface area contributed by atoms with Gasteiger partial charge in [0.25, 0.3) is 5.91 Å². The van der Waals surface area contributed by atoms with E-state index in [4.69, 9.17) is 24.2 Å². The number of fused-ring (bicyclic) bond motifs is 6. The number of alkyl carbamates (subject to hydrolysis) is 1. The molecule has 2 aromatic rings. The summed E-state index contributed by atoms with van der Waals surface area (Å²) < 4.78 is 46.1. The van der Waals surface area contributed by atoms with Gasteiger partial charge in [-0.3, -0.25) is 19.1 Å². The SMILES string of the molecule is COc1ccc2nc3c(nc2c1)O[C@@H]1C[C@H]2C(=O)N[C@]4(C(=O)NS(=O)(=O)C5CC5)C[C@H]4/C=C\CCCCC[C@H](NC(=O)O[C@@H]4CCCC4CCCCC3)C(=O)N2C1. The molecule has 8 rings (SSSR count). The molecule has 6 aliphatic rings. The van der Waals surface area contributed by atoms with Crippen LogP contribution in [0.25, 0.3) is 11.0 Å². The molecule has 7 atom stereocenters. The molecule has 3 saturated carbocycles. The van der Waals surface area contributed by atoms with Crippen molar-refractivity contribution in [3.8, 4) is 11.6 Å². The van der Waals surface area contributed by atoms with Crippen LogP contribution in [0.1, 0.15) is 108 Å². The third-order valence-corrected chi connectivity index (χ3v) is 14.5. The summed E-state index contributed by atoms with van der Waals surface area (Å²) in [5, 5.41) is 5.18. The Morgan fingerprint density at radius 2 is 1.75 bits per heavy atom. The Morgan fingerprint density at radius 3 is 2.58 bits per heavy atom. The van der Waals surface area contributed by atoms with Gasteiger partial charge in [0.15, 0.2) is 0 Å². The zero-order chi connectivity index (χ0) is 39.7. The van der Waals surface area contributed by atoms with E-state index in [0.29, 0.717) is 66.9 Å². The summed E-state index contributed by atoms with van der Waals surface area (Å²) in [7, 11) is -2.31. The quantitative estimate of drug-likeness (QED) is 0.372. The van der Waals surface area contributed by atoms with E-state index in [-0.39, 0.29) is 31.4 Å². The third kappa shape index (κ3) is 8.70. The lowest BCUT2D eigenvalue weighted by Crippen LogP contribution is -2.58. The molecular formula is C41H54N6O9S. The fraction of sp³-hybridized carbons (Fsp3) is 0.659. The number of methoxy groups -OCH3 is 1. The minimum atomic E-state index is -3.89. The Labute approximate surface area is 333 Å². The molecule has 308 valence electrons. The van der Waals surface area contributed by atoms with Crippen molar-refractivity contribution in [2.75, 3.05) is 13.7 Å². The largest absolute Gasteiger partial charge is 0.497 e. The molecule has 3 N–H and O–H groups in total. The molecule has 16 heteroatoms. The van der Waals surface area contributed by atoms with E-state index in [1.165, 1.54) is 4.90 Å². The minimum Gasteiger partial charge on any atom is -0.497 e. The number of carbonyl (C=O) groups excluding carboxylic acids is 4. The van der Waals surface area contributed by atoms with Gasteiger partial charge in [-0.15, -0.1) is 0 Å². The second kappa shape index (κ2) is 16.4. The monoisotopic (exact) mass is 806 g/mol. The Bertz CT molecular complexity index is 2020. The van der Waals surface area contributed by atoms with E-state index in [1.807, 2.05) is 24.3 Å². The van der Waals surface area contributed by atoms with Crippen LogP contribution < -0.4 is 24.8 Å². The summed E-state index contributed by atoms with van der Waals surface area (Å²) >= 11 is 0. The highest BCUT2D eigenvalue weighted by Gasteiger charge is 2.62. The van der Waals surface area contributed by atoms with Crippen molar-refractivity contribution in [3.63, 3.8) is 0 Å². The second-order valence-corrected chi connectivity index (χ2v) is 18.7. The Balaban J connectivity index is 1.14. The van der Waals surface area contributed by atoms with Gasteiger partial charge in [-0.2, -0.15) is 0 Å². The number of amides is 4. The first-order chi connectivity index (χ1) is 27.5. The van der Waals surface area contributed by atoms with E-state index < -0.39 is 68.7 Å². The highest BCUT2D eigenvalue weighted by molar-refractivity contribution is 7.91. The Kier molecular flexibility index (Phi) is 11.3. The summed E-state index contributed by atoms with van der Waals surface area (Å²) in [4.78, 5) is 67.9. The number of rotatable bonds is 4. The van der Waals surface area contributed by atoms with Crippen molar-refractivity contribution in [2.24, 2.45) is 11.8 Å². The number of ether oxygens (including phenoxy) is 3. The van der Waals surface area contributed by atoms with Gasteiger partial charge in [0.2, 0.25) is 27.7 Å². The van der Waals surface area contributed by atoms with E-state index in [9.17, 15) is 27.6 Å². The van der Waals surface area contributed by atoms with Crippen LogP contribution in [0.5, 0.6) is 11.6 Å². The van der Waals surface area contributed by atoms with Crippen LogP contribution in [0, 0.1) is 11.8 Å². The minimum absolute atomic E-state index is 0.00466. The topological polar surface area (TPSA) is 195 Å². The molecule has 1 aromatic carbocycles. The number of sulfonamides is 1. The van der Waals surface area contributed by atoms with Crippen LogP contribution >= 0.6 is 0 Å². The molecule has 57 heavy (non-hydrogen) atoms. The van der Waals surface area contributed by atoms with Crippen molar-refractivity contribution in [3.05, 3.63) is 36.0 Å². The lowest BCUT2D eigenvalue weighted by molar-refractivity contribution is -0.141. The van der Waals surface area contributed by atoms with E-state index >= 15 is 0 Å². The van der Waals surface area contributed by atoms with Gasteiger partial charge in [0.05, 0.1) is 29.9 Å². The number of benzene rings is 1. The fourth-order valence-electron chi connectivity index (χ4n) is 9.12. The third-order valence-electron chi connectivity index (χ3n) is 12.7. The number of allylic oxidation sites excluding steroid dienone is 1. The molecule has 1 unspecified atom stereocenters. The lowest BCUT2D eigenvalue weighted by Gasteiger charge is -2.30. The first kappa shape index (κ1) is 39.4. The van der Waals surface area contributed by atoms with Crippen LogP contribution in [0.2, 0.25) is 0 Å². The molecule has 0 spiro atoms. The summed E-state index contributed by atoms with van der Waals surface area (Å²) in [5.74, 6) is -1.08. The molecule has 1 saturated heterocycles. The van der Waals surface area contributed by atoms with E-state index in [0.717, 1.165) is 57.8 Å². The summed E-state index contributed by atoms with van der Waals surface area (Å²) in [5.41, 5.74) is 0.458. The zero-order valence-corrected chi connectivity index (χ0v) is 33.4. The van der Waals surface area contributed by atoms with Crippen LogP contribution in [0.3, 0.4) is 0 Å². The summed E-state index contributed by atoms with van der Waals surface area (Å²) in [6, 6.07) is 3.42. The zero-order valence-electron chi connectivity index (χ0n) is 32.6. The number of aromatic nitrogens is 2. The van der Waals surface area contributed by atoms with Crippen LogP contribution in [-0.4, -0.2) is 95.8 Å². The average molecular weight is 807 g/mol. The van der Waals surface area contributed by atoms with Crippen molar-refractivity contribution < 1.29 is 41.8 Å². The standard InChI is InChI=1S/C41H54N6O9S/c1-54-27-17-20-30-33(21-27)43-37-31(42-30)14-9-5-6-11-25-12-10-16-35(25)56-40(51)44-32-15-8-4-2-3-7-13-26-23-41(26,39(50)46-57(52,53)29-18-19-29)45-36(48)34-22-28(55-37)24-47(34)38(32)49/h7,13,17,20-21,25-26,28-29,32,34-35H,2-6,8-12,14-16,18-19,22-24H2,1H3,(H,44,51)(H,45,48)(H,46,50)/b13-7-/t25?,26-,28-,32+,34+,35-,41-/m1/s1. The number of aryl methyl sites for hydroxylation is 1. The maximum absolute atomic E-state index is 14.7. The van der Waals surface area contributed by atoms with Crippen molar-refractivity contribution in [1.29, 1.82) is 0 Å². The number of nitrogens with one attached hydrogen (secondary N) is 3. The van der Waals surface area contributed by atoms with E-state index in [2.05, 4.69) is 15.4 Å². The van der Waals surface area contributed by atoms with Crippen molar-refractivity contribution >= 4 is 44.9 Å². The maximum atomic E-state index is 14.7. The molecule has 4 heterocycles. The smallest absolute Gasteiger partial charge is 0.408 e. The molecule has 3 aliphatic heterocycles. The highest BCUT2D eigenvalue weighted by atomic mass is 32.2. The molecular weight excluding hydrogens is 753 g/mol. The first-order valence-corrected chi connectivity index (χ1v) is 22.4. The second-order valence-electron chi connectivity index (χ2n) is 16.8. The lowest BCUT2D eigenvalue weighted by atomic mass is 9.97. The molecule has 4 fully saturated rings. The molecule has 4 amide bonds. The summed E-state index contributed by atoms with van der Waals surface area (Å²) in [6.07, 6.45) is 13.8. The fourth-order valence-corrected chi connectivity index (χ4v) is 10.5. The molecule has 15 nitrogen and oxygen atoms in total. The predicted molar refractivity (Wildman–Crippen MR) is 209 cm³/mol. The average Bonchev–Trinajstić information content (AvgIpc) is 4.08. The molecule has 3 bridgehead atoms. The van der Waals surface area contributed by atoms with Crippen molar-refractivity contribution in [1.82, 2.24) is 30.2 Å². The van der Waals surface area contributed by atoms with Gasteiger partial charge in [-0.05, 0) is 95.1 Å².